The highest BCUT2D eigenvalue weighted by atomic mass is 79.9. The van der Waals surface area contributed by atoms with Gasteiger partial charge in [0.25, 0.3) is 0 Å². The van der Waals surface area contributed by atoms with Crippen molar-refractivity contribution in [3.8, 4) is 23.0 Å². The number of nitrogens with one attached hydrogen (secondary N) is 1. The van der Waals surface area contributed by atoms with Crippen molar-refractivity contribution in [2.75, 3.05) is 13.9 Å². The van der Waals surface area contributed by atoms with Crippen LogP contribution < -0.4 is 24.3 Å². The first-order valence-corrected chi connectivity index (χ1v) is 10.6. The number of aryl methyl sites for hydroxylation is 1. The van der Waals surface area contributed by atoms with Crippen LogP contribution in [0.1, 0.15) is 22.3 Å². The molecule has 3 aromatic rings. The van der Waals surface area contributed by atoms with Gasteiger partial charge in [0, 0.05) is 13.1 Å². The lowest BCUT2D eigenvalue weighted by molar-refractivity contribution is 0.174. The molecule has 1 aliphatic heterocycles. The van der Waals surface area contributed by atoms with Crippen molar-refractivity contribution in [1.29, 1.82) is 0 Å². The highest BCUT2D eigenvalue weighted by Crippen LogP contribution is 2.37. The molecule has 0 fully saturated rings. The van der Waals surface area contributed by atoms with Gasteiger partial charge in [-0.05, 0) is 63.8 Å². The van der Waals surface area contributed by atoms with E-state index in [0.717, 1.165) is 39.2 Å². The zero-order chi connectivity index (χ0) is 20.9. The van der Waals surface area contributed by atoms with Gasteiger partial charge in [0.15, 0.2) is 23.0 Å². The molecule has 30 heavy (non-hydrogen) atoms. The molecule has 0 saturated heterocycles. The normalized spacial score (nSPS) is 12.1. The van der Waals surface area contributed by atoms with E-state index in [0.29, 0.717) is 31.4 Å². The van der Waals surface area contributed by atoms with E-state index in [1.165, 1.54) is 5.56 Å². The molecule has 4 rings (SSSR count). The van der Waals surface area contributed by atoms with Gasteiger partial charge >= 0.3 is 0 Å². The number of rotatable bonds is 8. The lowest BCUT2D eigenvalue weighted by atomic mass is 10.1. The summed E-state index contributed by atoms with van der Waals surface area (Å²) in [5.74, 6) is 3.01. The van der Waals surface area contributed by atoms with Gasteiger partial charge in [-0.3, -0.25) is 0 Å². The molecule has 1 heterocycles. The lowest BCUT2D eigenvalue weighted by Gasteiger charge is -2.15. The minimum Gasteiger partial charge on any atom is -0.493 e. The third kappa shape index (κ3) is 4.89. The number of halogens is 1. The van der Waals surface area contributed by atoms with Gasteiger partial charge in [-0.15, -0.1) is 0 Å². The Bertz CT molecular complexity index is 1020. The Morgan fingerprint density at radius 1 is 0.900 bits per heavy atom. The topological polar surface area (TPSA) is 49.0 Å². The zero-order valence-corrected chi connectivity index (χ0v) is 18.6. The smallest absolute Gasteiger partial charge is 0.231 e. The molecule has 0 radical (unpaired) electrons. The Hall–Kier alpha value is -2.70. The van der Waals surface area contributed by atoms with Crippen LogP contribution in [-0.4, -0.2) is 13.9 Å². The maximum Gasteiger partial charge on any atom is 0.231 e. The monoisotopic (exact) mass is 469 g/mol. The summed E-state index contributed by atoms with van der Waals surface area (Å²) in [7, 11) is 1.66. The fraction of sp³-hybridized carbons (Fsp3) is 0.250. The lowest BCUT2D eigenvalue weighted by Crippen LogP contribution is -2.13. The first-order chi connectivity index (χ1) is 14.6. The van der Waals surface area contributed by atoms with Crippen molar-refractivity contribution >= 4 is 15.9 Å². The molecule has 0 unspecified atom stereocenters. The molecule has 0 aliphatic carbocycles. The van der Waals surface area contributed by atoms with Crippen LogP contribution in [0.2, 0.25) is 0 Å². The summed E-state index contributed by atoms with van der Waals surface area (Å²) in [4.78, 5) is 0. The summed E-state index contributed by atoms with van der Waals surface area (Å²) in [6.07, 6.45) is 0. The first-order valence-electron chi connectivity index (χ1n) is 9.76. The number of hydrogen-bond donors (Lipinski definition) is 1. The summed E-state index contributed by atoms with van der Waals surface area (Å²) in [5, 5.41) is 3.46. The second kappa shape index (κ2) is 9.41. The highest BCUT2D eigenvalue weighted by Gasteiger charge is 2.14. The van der Waals surface area contributed by atoms with E-state index in [1.807, 2.05) is 24.3 Å². The summed E-state index contributed by atoms with van der Waals surface area (Å²) in [5.41, 5.74) is 4.59. The highest BCUT2D eigenvalue weighted by molar-refractivity contribution is 9.10. The third-order valence-corrected chi connectivity index (χ3v) is 5.48. The summed E-state index contributed by atoms with van der Waals surface area (Å²) >= 11 is 3.63. The molecule has 0 aromatic heterocycles. The van der Waals surface area contributed by atoms with Crippen LogP contribution in [-0.2, 0) is 19.7 Å². The minimum absolute atomic E-state index is 0.290. The van der Waals surface area contributed by atoms with Crippen LogP contribution in [0, 0.1) is 6.92 Å². The second-order valence-corrected chi connectivity index (χ2v) is 8.03. The van der Waals surface area contributed by atoms with Crippen molar-refractivity contribution < 1.29 is 18.9 Å². The Balaban J connectivity index is 1.38. The van der Waals surface area contributed by atoms with Crippen LogP contribution in [0.25, 0.3) is 0 Å². The third-order valence-electron chi connectivity index (χ3n) is 4.89. The Labute approximate surface area is 185 Å². The molecule has 0 atom stereocenters. The van der Waals surface area contributed by atoms with E-state index in [4.69, 9.17) is 18.9 Å². The fourth-order valence-corrected chi connectivity index (χ4v) is 3.86. The minimum atomic E-state index is 0.290. The van der Waals surface area contributed by atoms with Gasteiger partial charge in [-0.1, -0.05) is 35.9 Å². The van der Waals surface area contributed by atoms with Gasteiger partial charge in [0.1, 0.15) is 6.61 Å². The molecule has 0 bridgehead atoms. The first kappa shape index (κ1) is 20.6. The van der Waals surface area contributed by atoms with Crippen LogP contribution in [0.3, 0.4) is 0 Å². The Morgan fingerprint density at radius 3 is 2.43 bits per heavy atom. The second-order valence-electron chi connectivity index (χ2n) is 7.17. The van der Waals surface area contributed by atoms with Crippen LogP contribution in [0.4, 0.5) is 0 Å². The SMILES string of the molecule is COc1cc(CNCc2ccc3c(c2)OCO3)cc(Br)c1OCc1ccc(C)cc1. The molecule has 1 aliphatic rings. The number of benzene rings is 3. The average Bonchev–Trinajstić information content (AvgIpc) is 3.22. The van der Waals surface area contributed by atoms with Crippen LogP contribution >= 0.6 is 15.9 Å². The van der Waals surface area contributed by atoms with Gasteiger partial charge < -0.3 is 24.3 Å². The predicted octanol–water partition coefficient (Wildman–Crippen LogP) is 5.36. The number of hydrogen-bond acceptors (Lipinski definition) is 5. The Kier molecular flexibility index (Phi) is 6.45. The molecular formula is C24H24BrNO4. The number of ether oxygens (including phenoxy) is 4. The van der Waals surface area contributed by atoms with E-state index in [-0.39, 0.29) is 0 Å². The average molecular weight is 470 g/mol. The number of fused-ring (bicyclic) bond motifs is 1. The van der Waals surface area contributed by atoms with Gasteiger partial charge in [-0.25, -0.2) is 0 Å². The fourth-order valence-electron chi connectivity index (χ4n) is 3.26. The molecule has 3 aromatic carbocycles. The van der Waals surface area contributed by atoms with Crippen molar-refractivity contribution in [2.24, 2.45) is 0 Å². The van der Waals surface area contributed by atoms with Crippen molar-refractivity contribution in [3.05, 3.63) is 81.3 Å². The van der Waals surface area contributed by atoms with Crippen LogP contribution in [0.5, 0.6) is 23.0 Å². The van der Waals surface area contributed by atoms with E-state index < -0.39 is 0 Å². The number of methoxy groups -OCH3 is 1. The largest absolute Gasteiger partial charge is 0.493 e. The van der Waals surface area contributed by atoms with Crippen LogP contribution in [0.15, 0.2) is 59.1 Å². The maximum absolute atomic E-state index is 6.04. The Morgan fingerprint density at radius 2 is 1.63 bits per heavy atom. The van der Waals surface area contributed by atoms with Gasteiger partial charge in [0.2, 0.25) is 6.79 Å². The van der Waals surface area contributed by atoms with Crippen molar-refractivity contribution in [2.45, 2.75) is 26.6 Å². The van der Waals surface area contributed by atoms with Crippen molar-refractivity contribution in [3.63, 3.8) is 0 Å². The molecular weight excluding hydrogens is 446 g/mol. The van der Waals surface area contributed by atoms with E-state index >= 15 is 0 Å². The quantitative estimate of drug-likeness (QED) is 0.480. The summed E-state index contributed by atoms with van der Waals surface area (Å²) in [6.45, 7) is 4.27. The van der Waals surface area contributed by atoms with E-state index in [1.54, 1.807) is 7.11 Å². The molecule has 0 amide bonds. The van der Waals surface area contributed by atoms with Gasteiger partial charge in [0.05, 0.1) is 11.6 Å². The van der Waals surface area contributed by atoms with Gasteiger partial charge in [-0.2, -0.15) is 0 Å². The summed E-state index contributed by atoms with van der Waals surface area (Å²) < 4.78 is 23.3. The van der Waals surface area contributed by atoms with Crippen molar-refractivity contribution in [1.82, 2.24) is 5.32 Å². The predicted molar refractivity (Wildman–Crippen MR) is 119 cm³/mol. The summed E-state index contributed by atoms with van der Waals surface area (Å²) in [6, 6.07) is 18.4. The molecule has 0 spiro atoms. The molecule has 6 heteroatoms. The molecule has 5 nitrogen and oxygen atoms in total. The standard InChI is InChI=1S/C24H24BrNO4/c1-16-3-5-17(6-4-16)14-28-24-20(25)9-19(11-23(24)27-2)13-26-12-18-7-8-21-22(10-18)30-15-29-21/h3-11,26H,12-15H2,1-2H3. The van der Waals surface area contributed by atoms with E-state index in [2.05, 4.69) is 58.5 Å². The maximum atomic E-state index is 6.04. The zero-order valence-electron chi connectivity index (χ0n) is 17.0. The molecule has 0 saturated carbocycles. The molecule has 1 N–H and O–H groups in total. The van der Waals surface area contributed by atoms with E-state index in [9.17, 15) is 0 Å². The molecule has 156 valence electrons.